The summed E-state index contributed by atoms with van der Waals surface area (Å²) in [5, 5.41) is 11.3. The van der Waals surface area contributed by atoms with Gasteiger partial charge < -0.3 is 14.2 Å². The molecule has 2 rings (SSSR count). The number of nitrogens with zero attached hydrogens (tertiary/aromatic N) is 1. The smallest absolute Gasteiger partial charge is 0.330 e. The number of nitro groups is 1. The van der Waals surface area contributed by atoms with Gasteiger partial charge in [-0.15, -0.1) is 0 Å². The van der Waals surface area contributed by atoms with E-state index in [1.54, 1.807) is 0 Å². The fourth-order valence-corrected chi connectivity index (χ4v) is 2.09. The first-order valence-electron chi connectivity index (χ1n) is 7.34. The van der Waals surface area contributed by atoms with E-state index in [2.05, 4.69) is 4.74 Å². The molecule has 7 heteroatoms. The molecule has 0 N–H and O–H groups in total. The van der Waals surface area contributed by atoms with E-state index in [1.165, 1.54) is 32.4 Å². The van der Waals surface area contributed by atoms with Crippen molar-refractivity contribution in [2.75, 3.05) is 14.2 Å². The fourth-order valence-electron chi connectivity index (χ4n) is 2.09. The van der Waals surface area contributed by atoms with Crippen LogP contribution in [0.3, 0.4) is 0 Å². The summed E-state index contributed by atoms with van der Waals surface area (Å²) in [6.45, 7) is 0.242. The number of carbonyl (C=O) groups excluding carboxylic acids is 1. The lowest BCUT2D eigenvalue weighted by molar-refractivity contribution is -0.385. The van der Waals surface area contributed by atoms with Gasteiger partial charge >= 0.3 is 5.97 Å². The summed E-state index contributed by atoms with van der Waals surface area (Å²) in [5.41, 5.74) is 0.921. The Morgan fingerprint density at radius 1 is 1.16 bits per heavy atom. The molecule has 130 valence electrons. The second-order valence-electron chi connectivity index (χ2n) is 4.95. The van der Waals surface area contributed by atoms with E-state index in [0.717, 1.165) is 11.6 Å². The maximum atomic E-state index is 11.3. The quantitative estimate of drug-likeness (QED) is 0.331. The molecule has 0 radical (unpaired) electrons. The Morgan fingerprint density at radius 2 is 1.88 bits per heavy atom. The predicted octanol–water partition coefficient (Wildman–Crippen LogP) is 3.37. The monoisotopic (exact) mass is 343 g/mol. The van der Waals surface area contributed by atoms with E-state index >= 15 is 0 Å². The van der Waals surface area contributed by atoms with Gasteiger partial charge in [0.15, 0.2) is 11.5 Å². The number of nitro benzene ring substituents is 1. The largest absolute Gasteiger partial charge is 0.493 e. The van der Waals surface area contributed by atoms with Gasteiger partial charge in [0.2, 0.25) is 0 Å². The van der Waals surface area contributed by atoms with Crippen LogP contribution in [0.1, 0.15) is 11.1 Å². The van der Waals surface area contributed by atoms with Gasteiger partial charge in [-0.05, 0) is 17.7 Å². The van der Waals surface area contributed by atoms with Crippen LogP contribution in [0.5, 0.6) is 11.5 Å². The number of rotatable bonds is 7. The van der Waals surface area contributed by atoms with Crippen LogP contribution in [0.15, 0.2) is 48.5 Å². The van der Waals surface area contributed by atoms with Gasteiger partial charge in [-0.2, -0.15) is 0 Å². The predicted molar refractivity (Wildman–Crippen MR) is 91.5 cm³/mol. The van der Waals surface area contributed by atoms with Crippen molar-refractivity contribution in [1.29, 1.82) is 0 Å². The van der Waals surface area contributed by atoms with Crippen LogP contribution < -0.4 is 9.47 Å². The number of carbonyl (C=O) groups is 1. The van der Waals surface area contributed by atoms with Crippen molar-refractivity contribution in [2.24, 2.45) is 0 Å². The van der Waals surface area contributed by atoms with E-state index in [4.69, 9.17) is 9.47 Å². The molecule has 0 heterocycles. The first kappa shape index (κ1) is 18.0. The molecule has 0 aliphatic heterocycles. The lowest BCUT2D eigenvalue weighted by Gasteiger charge is -2.12. The summed E-state index contributed by atoms with van der Waals surface area (Å²) in [6, 6.07) is 12.1. The van der Waals surface area contributed by atoms with E-state index in [1.807, 2.05) is 30.3 Å². The molecule has 0 unspecified atom stereocenters. The molecule has 0 spiro atoms. The lowest BCUT2D eigenvalue weighted by atomic mass is 10.1. The molecule has 25 heavy (non-hydrogen) atoms. The highest BCUT2D eigenvalue weighted by atomic mass is 16.6. The third kappa shape index (κ3) is 4.81. The highest BCUT2D eigenvalue weighted by Gasteiger charge is 2.18. The molecule has 0 saturated carbocycles. The number of hydrogen-bond donors (Lipinski definition) is 0. The second-order valence-corrected chi connectivity index (χ2v) is 4.95. The van der Waals surface area contributed by atoms with Gasteiger partial charge in [-0.25, -0.2) is 4.79 Å². The Bertz CT molecular complexity index is 786. The van der Waals surface area contributed by atoms with Crippen LogP contribution in [-0.4, -0.2) is 25.1 Å². The van der Waals surface area contributed by atoms with Crippen LogP contribution >= 0.6 is 0 Å². The minimum Gasteiger partial charge on any atom is -0.493 e. The molecular formula is C18H17NO6. The van der Waals surface area contributed by atoms with Crippen LogP contribution in [-0.2, 0) is 16.1 Å². The van der Waals surface area contributed by atoms with Gasteiger partial charge in [-0.3, -0.25) is 10.1 Å². The Kier molecular flexibility index (Phi) is 6.11. The maximum Gasteiger partial charge on any atom is 0.330 e. The number of esters is 1. The van der Waals surface area contributed by atoms with Crippen LogP contribution in [0, 0.1) is 10.1 Å². The molecule has 0 aliphatic carbocycles. The summed E-state index contributed by atoms with van der Waals surface area (Å²) >= 11 is 0. The molecule has 0 atom stereocenters. The van der Waals surface area contributed by atoms with Crippen molar-refractivity contribution < 1.29 is 23.9 Å². The summed E-state index contributed by atoms with van der Waals surface area (Å²) < 4.78 is 15.4. The summed E-state index contributed by atoms with van der Waals surface area (Å²) in [5.74, 6) is -0.0445. The maximum absolute atomic E-state index is 11.3. The first-order chi connectivity index (χ1) is 12.0. The number of hydrogen-bond acceptors (Lipinski definition) is 6. The summed E-state index contributed by atoms with van der Waals surface area (Å²) in [7, 11) is 2.66. The van der Waals surface area contributed by atoms with Crippen molar-refractivity contribution in [3.05, 3.63) is 69.8 Å². The molecule has 2 aromatic rings. The molecule has 0 fully saturated rings. The Hall–Kier alpha value is -3.35. The number of benzene rings is 2. The number of ether oxygens (including phenoxy) is 3. The minimum absolute atomic E-state index is 0.205. The molecule has 0 bridgehead atoms. The lowest BCUT2D eigenvalue weighted by Crippen LogP contribution is -2.01. The fraction of sp³-hybridized carbons (Fsp3) is 0.167. The minimum atomic E-state index is -0.613. The van der Waals surface area contributed by atoms with Gasteiger partial charge in [0, 0.05) is 6.08 Å². The van der Waals surface area contributed by atoms with Crippen molar-refractivity contribution in [3.8, 4) is 11.5 Å². The topological polar surface area (TPSA) is 87.9 Å². The zero-order valence-electron chi connectivity index (χ0n) is 13.8. The standard InChI is InChI=1S/C18H17NO6/c1-23-16-10-14(8-9-18(20)24-2)15(19(21)22)11-17(16)25-12-13-6-4-3-5-7-13/h3-11H,12H2,1-2H3. The van der Waals surface area contributed by atoms with Crippen LogP contribution in [0.4, 0.5) is 5.69 Å². The van der Waals surface area contributed by atoms with Crippen molar-refractivity contribution in [2.45, 2.75) is 6.61 Å². The van der Waals surface area contributed by atoms with E-state index < -0.39 is 10.9 Å². The van der Waals surface area contributed by atoms with Gasteiger partial charge in [0.25, 0.3) is 5.69 Å². The van der Waals surface area contributed by atoms with Crippen molar-refractivity contribution in [1.82, 2.24) is 0 Å². The Balaban J connectivity index is 2.33. The SMILES string of the molecule is COC(=O)C=Cc1cc(OC)c(OCc2ccccc2)cc1[N+](=O)[O-]. The van der Waals surface area contributed by atoms with Crippen molar-refractivity contribution in [3.63, 3.8) is 0 Å². The van der Waals surface area contributed by atoms with E-state index in [0.29, 0.717) is 5.75 Å². The third-order valence-electron chi connectivity index (χ3n) is 3.35. The van der Waals surface area contributed by atoms with Crippen LogP contribution in [0.2, 0.25) is 0 Å². The highest BCUT2D eigenvalue weighted by molar-refractivity contribution is 5.88. The number of methoxy groups -OCH3 is 2. The Labute approximate surface area is 144 Å². The van der Waals surface area contributed by atoms with Crippen LogP contribution in [0.25, 0.3) is 6.08 Å². The molecule has 0 saturated heterocycles. The molecule has 0 aliphatic rings. The molecular weight excluding hydrogens is 326 g/mol. The summed E-state index contributed by atoms with van der Waals surface area (Å²) in [6.07, 6.45) is 2.40. The van der Waals surface area contributed by atoms with Gasteiger partial charge in [0.1, 0.15) is 6.61 Å². The molecule has 0 aromatic heterocycles. The average Bonchev–Trinajstić information content (AvgIpc) is 2.64. The van der Waals surface area contributed by atoms with E-state index in [9.17, 15) is 14.9 Å². The zero-order chi connectivity index (χ0) is 18.2. The van der Waals surface area contributed by atoms with Gasteiger partial charge in [-0.1, -0.05) is 30.3 Å². The second kappa shape index (κ2) is 8.49. The molecule has 0 amide bonds. The third-order valence-corrected chi connectivity index (χ3v) is 3.35. The van der Waals surface area contributed by atoms with Gasteiger partial charge in [0.05, 0.1) is 30.8 Å². The normalized spacial score (nSPS) is 10.5. The first-order valence-corrected chi connectivity index (χ1v) is 7.34. The van der Waals surface area contributed by atoms with E-state index in [-0.39, 0.29) is 23.6 Å². The zero-order valence-corrected chi connectivity index (χ0v) is 13.8. The highest BCUT2D eigenvalue weighted by Crippen LogP contribution is 2.35. The summed E-state index contributed by atoms with van der Waals surface area (Å²) in [4.78, 5) is 22.0. The Morgan fingerprint density at radius 3 is 2.48 bits per heavy atom. The molecule has 7 nitrogen and oxygen atoms in total. The molecule has 2 aromatic carbocycles. The van der Waals surface area contributed by atoms with Crippen molar-refractivity contribution >= 4 is 17.7 Å². The average molecular weight is 343 g/mol.